The van der Waals surface area contributed by atoms with Gasteiger partial charge in [-0.2, -0.15) is 5.10 Å². The monoisotopic (exact) mass is 224 g/mol. The van der Waals surface area contributed by atoms with E-state index in [1.807, 2.05) is 13.8 Å². The predicted octanol–water partition coefficient (Wildman–Crippen LogP) is 0.612. The van der Waals surface area contributed by atoms with Crippen LogP contribution in [0.2, 0.25) is 0 Å². The number of carbonyl (C=O) groups is 1. The molecule has 2 rings (SSSR count). The molecule has 0 spiro atoms. The largest absolute Gasteiger partial charge is 0.272 e. The van der Waals surface area contributed by atoms with Crippen LogP contribution in [0, 0.1) is 0 Å². The van der Waals surface area contributed by atoms with Crippen LogP contribution in [0.1, 0.15) is 38.4 Å². The molecule has 16 heavy (non-hydrogen) atoms. The Bertz CT molecular complexity index is 375. The number of rotatable bonds is 3. The first-order valence-electron chi connectivity index (χ1n) is 5.51. The fourth-order valence-electron chi connectivity index (χ4n) is 1.78. The molecule has 0 bridgehead atoms. The minimum absolute atomic E-state index is 0.0228. The van der Waals surface area contributed by atoms with Crippen molar-refractivity contribution < 1.29 is 9.63 Å². The number of carbonyl (C=O) groups excluding carboxylic acids is 1. The SMILES string of the molecule is CC(C)ONC(=O)C1CCCn2ncnc21. The first-order valence-corrected chi connectivity index (χ1v) is 5.51. The quantitative estimate of drug-likeness (QED) is 0.764. The summed E-state index contributed by atoms with van der Waals surface area (Å²) in [4.78, 5) is 21.1. The second-order valence-corrected chi connectivity index (χ2v) is 4.17. The zero-order valence-electron chi connectivity index (χ0n) is 9.51. The van der Waals surface area contributed by atoms with Gasteiger partial charge in [0.1, 0.15) is 12.2 Å². The number of hydroxylamine groups is 1. The minimum Gasteiger partial charge on any atom is -0.272 e. The highest BCUT2D eigenvalue weighted by molar-refractivity contribution is 5.81. The maximum absolute atomic E-state index is 11.8. The smallest absolute Gasteiger partial charge is 0.254 e. The number of fused-ring (bicyclic) bond motifs is 1. The van der Waals surface area contributed by atoms with Gasteiger partial charge in [0.05, 0.1) is 12.0 Å². The van der Waals surface area contributed by atoms with Crippen molar-refractivity contribution in [2.45, 2.75) is 45.3 Å². The summed E-state index contributed by atoms with van der Waals surface area (Å²) in [6.45, 7) is 4.57. The Labute approximate surface area is 94.0 Å². The van der Waals surface area contributed by atoms with Crippen molar-refractivity contribution in [3.63, 3.8) is 0 Å². The second-order valence-electron chi connectivity index (χ2n) is 4.17. The van der Waals surface area contributed by atoms with Crippen LogP contribution in [0.3, 0.4) is 0 Å². The summed E-state index contributed by atoms with van der Waals surface area (Å²) < 4.78 is 1.78. The van der Waals surface area contributed by atoms with E-state index in [0.717, 1.165) is 25.2 Å². The average Bonchev–Trinajstić information content (AvgIpc) is 2.73. The molecule has 1 N–H and O–H groups in total. The van der Waals surface area contributed by atoms with Crippen LogP contribution < -0.4 is 5.48 Å². The van der Waals surface area contributed by atoms with E-state index >= 15 is 0 Å². The molecule has 0 radical (unpaired) electrons. The van der Waals surface area contributed by atoms with Crippen molar-refractivity contribution >= 4 is 5.91 Å². The summed E-state index contributed by atoms with van der Waals surface area (Å²) in [5.74, 6) is 0.355. The molecule has 1 aliphatic heterocycles. The summed E-state index contributed by atoms with van der Waals surface area (Å²) in [6, 6.07) is 0. The van der Waals surface area contributed by atoms with Gasteiger partial charge in [0, 0.05) is 6.54 Å². The van der Waals surface area contributed by atoms with Gasteiger partial charge >= 0.3 is 0 Å². The maximum atomic E-state index is 11.8. The molecule has 0 saturated carbocycles. The van der Waals surface area contributed by atoms with Crippen molar-refractivity contribution in [1.82, 2.24) is 20.2 Å². The van der Waals surface area contributed by atoms with Crippen LogP contribution in [-0.4, -0.2) is 26.8 Å². The maximum Gasteiger partial charge on any atom is 0.254 e. The highest BCUT2D eigenvalue weighted by Crippen LogP contribution is 2.24. The number of amides is 1. The molecule has 1 aromatic rings. The summed E-state index contributed by atoms with van der Waals surface area (Å²) in [5.41, 5.74) is 2.46. The topological polar surface area (TPSA) is 69.0 Å². The molecule has 1 aliphatic rings. The lowest BCUT2D eigenvalue weighted by Crippen LogP contribution is -2.34. The van der Waals surface area contributed by atoms with Gasteiger partial charge < -0.3 is 0 Å². The summed E-state index contributed by atoms with van der Waals surface area (Å²) >= 11 is 0. The van der Waals surface area contributed by atoms with Gasteiger partial charge in [-0.25, -0.2) is 15.1 Å². The lowest BCUT2D eigenvalue weighted by atomic mass is 9.99. The van der Waals surface area contributed by atoms with E-state index in [4.69, 9.17) is 4.84 Å². The molecule has 0 aromatic carbocycles. The van der Waals surface area contributed by atoms with Gasteiger partial charge in [-0.15, -0.1) is 0 Å². The van der Waals surface area contributed by atoms with Gasteiger partial charge in [0.2, 0.25) is 0 Å². The second kappa shape index (κ2) is 4.61. The molecule has 2 heterocycles. The van der Waals surface area contributed by atoms with Gasteiger partial charge in [0.25, 0.3) is 5.91 Å². The third kappa shape index (κ3) is 2.21. The average molecular weight is 224 g/mol. The Morgan fingerprint density at radius 1 is 1.69 bits per heavy atom. The van der Waals surface area contributed by atoms with Crippen LogP contribution in [0.25, 0.3) is 0 Å². The Morgan fingerprint density at radius 2 is 2.50 bits per heavy atom. The standard InChI is InChI=1S/C10H16N4O2/c1-7(2)16-13-10(15)8-4-3-5-14-9(8)11-6-12-14/h6-8H,3-5H2,1-2H3,(H,13,15). The van der Waals surface area contributed by atoms with Gasteiger partial charge in [-0.3, -0.25) is 9.63 Å². The Morgan fingerprint density at radius 3 is 3.25 bits per heavy atom. The van der Waals surface area contributed by atoms with Crippen molar-refractivity contribution in [2.75, 3.05) is 0 Å². The Hall–Kier alpha value is -1.43. The van der Waals surface area contributed by atoms with Gasteiger partial charge in [0.15, 0.2) is 0 Å². The highest BCUT2D eigenvalue weighted by Gasteiger charge is 2.28. The highest BCUT2D eigenvalue weighted by atomic mass is 16.7. The first kappa shape index (κ1) is 11.1. The molecule has 6 heteroatoms. The zero-order chi connectivity index (χ0) is 11.5. The normalized spacial score (nSPS) is 19.6. The van der Waals surface area contributed by atoms with Crippen LogP contribution in [0.5, 0.6) is 0 Å². The molecule has 1 aromatic heterocycles. The van der Waals surface area contributed by atoms with E-state index < -0.39 is 0 Å². The van der Waals surface area contributed by atoms with E-state index in [-0.39, 0.29) is 17.9 Å². The van der Waals surface area contributed by atoms with E-state index in [0.29, 0.717) is 0 Å². The molecule has 1 atom stereocenters. The number of nitrogens with zero attached hydrogens (tertiary/aromatic N) is 3. The van der Waals surface area contributed by atoms with Crippen molar-refractivity contribution in [3.8, 4) is 0 Å². The Kier molecular flexibility index (Phi) is 3.19. The molecule has 1 amide bonds. The Balaban J connectivity index is 2.03. The number of aryl methyl sites for hydroxylation is 1. The van der Waals surface area contributed by atoms with Gasteiger partial charge in [-0.05, 0) is 26.7 Å². The van der Waals surface area contributed by atoms with Crippen LogP contribution >= 0.6 is 0 Å². The number of hydrogen-bond donors (Lipinski definition) is 1. The summed E-state index contributed by atoms with van der Waals surface area (Å²) in [5, 5.41) is 4.07. The van der Waals surface area contributed by atoms with Crippen molar-refractivity contribution in [2.24, 2.45) is 0 Å². The minimum atomic E-state index is -0.241. The zero-order valence-corrected chi connectivity index (χ0v) is 9.51. The molecule has 0 fully saturated rings. The van der Waals surface area contributed by atoms with E-state index in [1.165, 1.54) is 6.33 Å². The lowest BCUT2D eigenvalue weighted by molar-refractivity contribution is -0.139. The fraction of sp³-hybridized carbons (Fsp3) is 0.700. The first-order chi connectivity index (χ1) is 7.68. The number of nitrogens with one attached hydrogen (secondary N) is 1. The van der Waals surface area contributed by atoms with E-state index in [9.17, 15) is 4.79 Å². The molecule has 6 nitrogen and oxygen atoms in total. The van der Waals surface area contributed by atoms with E-state index in [1.54, 1.807) is 4.68 Å². The van der Waals surface area contributed by atoms with Crippen LogP contribution in [0.4, 0.5) is 0 Å². The fourth-order valence-corrected chi connectivity index (χ4v) is 1.78. The molecular weight excluding hydrogens is 208 g/mol. The lowest BCUT2D eigenvalue weighted by Gasteiger charge is -2.21. The third-order valence-corrected chi connectivity index (χ3v) is 2.53. The third-order valence-electron chi connectivity index (χ3n) is 2.53. The predicted molar refractivity (Wildman–Crippen MR) is 56.4 cm³/mol. The number of hydrogen-bond acceptors (Lipinski definition) is 4. The summed E-state index contributed by atoms with van der Waals surface area (Å²) in [7, 11) is 0. The van der Waals surface area contributed by atoms with E-state index in [2.05, 4.69) is 15.6 Å². The molecular formula is C10H16N4O2. The van der Waals surface area contributed by atoms with Crippen LogP contribution in [-0.2, 0) is 16.2 Å². The van der Waals surface area contributed by atoms with Crippen molar-refractivity contribution in [1.29, 1.82) is 0 Å². The van der Waals surface area contributed by atoms with Crippen molar-refractivity contribution in [3.05, 3.63) is 12.2 Å². The van der Waals surface area contributed by atoms with Gasteiger partial charge in [-0.1, -0.05) is 0 Å². The molecule has 88 valence electrons. The molecule has 1 unspecified atom stereocenters. The molecule has 0 saturated heterocycles. The number of aromatic nitrogens is 3. The van der Waals surface area contributed by atoms with Crippen LogP contribution in [0.15, 0.2) is 6.33 Å². The molecule has 0 aliphatic carbocycles. The summed E-state index contributed by atoms with van der Waals surface area (Å²) in [6.07, 6.45) is 3.21.